The molecule has 1 aliphatic rings. The molecule has 0 atom stereocenters. The number of hydrogen-bond donors (Lipinski definition) is 2. The Morgan fingerprint density at radius 1 is 1.20 bits per heavy atom. The maximum absolute atomic E-state index is 6.13. The van der Waals surface area contributed by atoms with Crippen molar-refractivity contribution in [3.05, 3.63) is 16.1 Å². The number of hydrogen-bond acceptors (Lipinski definition) is 4. The third-order valence-corrected chi connectivity index (χ3v) is 3.64. The van der Waals surface area contributed by atoms with E-state index in [4.69, 9.17) is 27.9 Å². The van der Waals surface area contributed by atoms with Gasteiger partial charge < -0.3 is 15.4 Å². The van der Waals surface area contributed by atoms with Gasteiger partial charge in [0.1, 0.15) is 11.6 Å². The average Bonchev–Trinajstić information content (AvgIpc) is 3.23. The van der Waals surface area contributed by atoms with Gasteiger partial charge in [-0.15, -0.1) is 0 Å². The molecule has 4 nitrogen and oxygen atoms in total. The minimum atomic E-state index is 0.527. The predicted molar refractivity (Wildman–Crippen MR) is 85.1 cm³/mol. The Hall–Kier alpha value is -0.710. The summed E-state index contributed by atoms with van der Waals surface area (Å²) in [5.41, 5.74) is 0. The first-order valence-corrected chi connectivity index (χ1v) is 7.87. The molecule has 0 aromatic carbocycles. The number of nitrogens with one attached hydrogen (secondary N) is 2. The maximum Gasteiger partial charge on any atom is 0.147 e. The molecule has 20 heavy (non-hydrogen) atoms. The number of aromatic nitrogens is 1. The molecular formula is C14H21Cl2N3O. The van der Waals surface area contributed by atoms with Crippen LogP contribution in [0, 0.1) is 5.92 Å². The van der Waals surface area contributed by atoms with Gasteiger partial charge in [-0.3, -0.25) is 0 Å². The zero-order chi connectivity index (χ0) is 14.4. The third-order valence-electron chi connectivity index (χ3n) is 3.06. The van der Waals surface area contributed by atoms with Crippen molar-refractivity contribution in [3.63, 3.8) is 0 Å². The van der Waals surface area contributed by atoms with Gasteiger partial charge in [-0.25, -0.2) is 4.98 Å². The summed E-state index contributed by atoms with van der Waals surface area (Å²) in [6.45, 7) is 5.14. The van der Waals surface area contributed by atoms with Gasteiger partial charge in [0, 0.05) is 19.7 Å². The van der Waals surface area contributed by atoms with Gasteiger partial charge in [0.05, 0.1) is 16.7 Å². The number of nitrogens with zero attached hydrogens (tertiary/aromatic N) is 1. The lowest BCUT2D eigenvalue weighted by Gasteiger charge is -2.12. The van der Waals surface area contributed by atoms with Crippen LogP contribution in [0.5, 0.6) is 0 Å². The Morgan fingerprint density at radius 3 is 2.45 bits per heavy atom. The SMILES string of the molecule is CCCNc1nc(NCCOCC2CC2)c(Cl)cc1Cl. The summed E-state index contributed by atoms with van der Waals surface area (Å²) in [5, 5.41) is 7.43. The molecule has 1 fully saturated rings. The third kappa shape index (κ3) is 5.00. The van der Waals surface area contributed by atoms with Crippen LogP contribution in [0.2, 0.25) is 10.0 Å². The number of ether oxygens (including phenoxy) is 1. The highest BCUT2D eigenvalue weighted by atomic mass is 35.5. The van der Waals surface area contributed by atoms with E-state index in [1.807, 2.05) is 0 Å². The van der Waals surface area contributed by atoms with Crippen LogP contribution >= 0.6 is 23.2 Å². The molecule has 1 aliphatic carbocycles. The van der Waals surface area contributed by atoms with Crippen LogP contribution in [0.4, 0.5) is 11.6 Å². The molecule has 1 aromatic rings. The first kappa shape index (κ1) is 15.7. The molecule has 2 rings (SSSR count). The minimum Gasteiger partial charge on any atom is -0.379 e. The van der Waals surface area contributed by atoms with Gasteiger partial charge in [0.25, 0.3) is 0 Å². The van der Waals surface area contributed by atoms with Crippen molar-refractivity contribution in [1.29, 1.82) is 0 Å². The normalized spacial score (nSPS) is 14.3. The molecule has 0 saturated heterocycles. The average molecular weight is 318 g/mol. The molecule has 0 bridgehead atoms. The van der Waals surface area contributed by atoms with Gasteiger partial charge in [0.2, 0.25) is 0 Å². The van der Waals surface area contributed by atoms with E-state index in [1.165, 1.54) is 12.8 Å². The summed E-state index contributed by atoms with van der Waals surface area (Å²) in [6.07, 6.45) is 3.63. The highest BCUT2D eigenvalue weighted by Crippen LogP contribution is 2.30. The number of rotatable bonds is 9. The minimum absolute atomic E-state index is 0.527. The number of halogens is 2. The van der Waals surface area contributed by atoms with Gasteiger partial charge in [0.15, 0.2) is 0 Å². The summed E-state index contributed by atoms with van der Waals surface area (Å²) < 4.78 is 5.56. The molecular weight excluding hydrogens is 297 g/mol. The first-order valence-electron chi connectivity index (χ1n) is 7.12. The highest BCUT2D eigenvalue weighted by molar-refractivity contribution is 6.37. The monoisotopic (exact) mass is 317 g/mol. The first-order chi connectivity index (χ1) is 9.70. The fourth-order valence-corrected chi connectivity index (χ4v) is 2.23. The van der Waals surface area contributed by atoms with Crippen molar-refractivity contribution in [1.82, 2.24) is 4.98 Å². The van der Waals surface area contributed by atoms with E-state index in [-0.39, 0.29) is 0 Å². The van der Waals surface area contributed by atoms with Crippen molar-refractivity contribution < 1.29 is 4.74 Å². The fourth-order valence-electron chi connectivity index (χ4n) is 1.73. The Labute approximate surface area is 130 Å². The van der Waals surface area contributed by atoms with Crippen molar-refractivity contribution in [3.8, 4) is 0 Å². The molecule has 2 N–H and O–H groups in total. The molecule has 1 heterocycles. The van der Waals surface area contributed by atoms with Gasteiger partial charge in [-0.1, -0.05) is 30.1 Å². The van der Waals surface area contributed by atoms with Crippen LogP contribution in [0.3, 0.4) is 0 Å². The number of pyridine rings is 1. The topological polar surface area (TPSA) is 46.2 Å². The predicted octanol–water partition coefficient (Wildman–Crippen LogP) is 4.05. The molecule has 0 amide bonds. The Kier molecular flexibility index (Phi) is 6.20. The van der Waals surface area contributed by atoms with E-state index in [0.29, 0.717) is 34.8 Å². The second-order valence-electron chi connectivity index (χ2n) is 5.02. The molecule has 0 unspecified atom stereocenters. The number of anilines is 2. The Bertz CT molecular complexity index is 439. The zero-order valence-corrected chi connectivity index (χ0v) is 13.2. The summed E-state index contributed by atoms with van der Waals surface area (Å²) in [4.78, 5) is 4.41. The quantitative estimate of drug-likeness (QED) is 0.674. The van der Waals surface area contributed by atoms with E-state index >= 15 is 0 Å². The molecule has 1 saturated carbocycles. The van der Waals surface area contributed by atoms with E-state index in [9.17, 15) is 0 Å². The Morgan fingerprint density at radius 2 is 1.85 bits per heavy atom. The van der Waals surface area contributed by atoms with Crippen LogP contribution in [0.15, 0.2) is 6.07 Å². The standard InChI is InChI=1S/C14H21Cl2N3O/c1-2-5-17-13-11(15)8-12(16)14(19-13)18-6-7-20-9-10-3-4-10/h8,10H,2-7,9H2,1H3,(H2,17,18,19). The van der Waals surface area contributed by atoms with Gasteiger partial charge >= 0.3 is 0 Å². The van der Waals surface area contributed by atoms with E-state index < -0.39 is 0 Å². The van der Waals surface area contributed by atoms with Crippen molar-refractivity contribution >= 4 is 34.8 Å². The van der Waals surface area contributed by atoms with Crippen molar-refractivity contribution in [2.45, 2.75) is 26.2 Å². The smallest absolute Gasteiger partial charge is 0.147 e. The van der Waals surface area contributed by atoms with E-state index in [1.54, 1.807) is 6.07 Å². The van der Waals surface area contributed by atoms with Crippen LogP contribution < -0.4 is 10.6 Å². The summed E-state index contributed by atoms with van der Waals surface area (Å²) in [5.74, 6) is 2.10. The molecule has 0 aliphatic heterocycles. The van der Waals surface area contributed by atoms with E-state index in [2.05, 4.69) is 22.5 Å². The summed E-state index contributed by atoms with van der Waals surface area (Å²) in [7, 11) is 0. The lowest BCUT2D eigenvalue weighted by molar-refractivity contribution is 0.134. The van der Waals surface area contributed by atoms with Crippen molar-refractivity contribution in [2.24, 2.45) is 5.92 Å². The molecule has 0 radical (unpaired) electrons. The lowest BCUT2D eigenvalue weighted by Crippen LogP contribution is -2.13. The highest BCUT2D eigenvalue weighted by Gasteiger charge is 2.20. The van der Waals surface area contributed by atoms with E-state index in [0.717, 1.165) is 25.5 Å². The Balaban J connectivity index is 1.81. The second-order valence-corrected chi connectivity index (χ2v) is 5.84. The van der Waals surface area contributed by atoms with Crippen LogP contribution in [-0.2, 0) is 4.74 Å². The molecule has 0 spiro atoms. The summed E-state index contributed by atoms with van der Waals surface area (Å²) >= 11 is 12.2. The largest absolute Gasteiger partial charge is 0.379 e. The van der Waals surface area contributed by atoms with Gasteiger partial charge in [-0.2, -0.15) is 0 Å². The van der Waals surface area contributed by atoms with Gasteiger partial charge in [-0.05, 0) is 31.2 Å². The van der Waals surface area contributed by atoms with Crippen LogP contribution in [0.1, 0.15) is 26.2 Å². The fraction of sp³-hybridized carbons (Fsp3) is 0.643. The summed E-state index contributed by atoms with van der Waals surface area (Å²) in [6, 6.07) is 1.71. The maximum atomic E-state index is 6.13. The zero-order valence-electron chi connectivity index (χ0n) is 11.7. The molecule has 6 heteroatoms. The van der Waals surface area contributed by atoms with Crippen LogP contribution in [0.25, 0.3) is 0 Å². The second kappa shape index (κ2) is 7.91. The lowest BCUT2D eigenvalue weighted by atomic mass is 10.4. The van der Waals surface area contributed by atoms with Crippen molar-refractivity contribution in [2.75, 3.05) is 36.9 Å². The van der Waals surface area contributed by atoms with Crippen LogP contribution in [-0.4, -0.2) is 31.3 Å². The molecule has 1 aromatic heterocycles. The molecule has 112 valence electrons.